The van der Waals surface area contributed by atoms with Crippen LogP contribution in [0.4, 0.5) is 0 Å². The minimum absolute atomic E-state index is 0.198. The van der Waals surface area contributed by atoms with Gasteiger partial charge in [-0.15, -0.1) is 0 Å². The van der Waals surface area contributed by atoms with Gasteiger partial charge in [-0.1, -0.05) is 18.2 Å². The van der Waals surface area contributed by atoms with Crippen molar-refractivity contribution in [3.05, 3.63) is 77.9 Å². The maximum absolute atomic E-state index is 9.59. The quantitative estimate of drug-likeness (QED) is 0.601. The van der Waals surface area contributed by atoms with Crippen LogP contribution in [0.2, 0.25) is 0 Å². The second-order valence-electron chi connectivity index (χ2n) is 7.92. The van der Waals surface area contributed by atoms with E-state index in [1.54, 1.807) is 18.5 Å². The van der Waals surface area contributed by atoms with Crippen LogP contribution < -0.4 is 4.74 Å². The van der Waals surface area contributed by atoms with Crippen molar-refractivity contribution in [1.29, 1.82) is 0 Å². The lowest BCUT2D eigenvalue weighted by Gasteiger charge is -2.41. The number of piperazine rings is 1. The van der Waals surface area contributed by atoms with Crippen LogP contribution in [0, 0.1) is 6.92 Å². The number of ether oxygens (including phenoxy) is 1. The second-order valence-corrected chi connectivity index (χ2v) is 7.92. The zero-order valence-electron chi connectivity index (χ0n) is 17.9. The molecule has 31 heavy (non-hydrogen) atoms. The number of aromatic nitrogens is 3. The van der Waals surface area contributed by atoms with E-state index in [1.807, 2.05) is 25.1 Å². The summed E-state index contributed by atoms with van der Waals surface area (Å²) in [5.74, 6) is 0.726. The molecular formula is C24H29N5O2. The summed E-state index contributed by atoms with van der Waals surface area (Å²) in [6, 6.07) is 16.7. The molecule has 0 spiro atoms. The molecule has 1 aromatic carbocycles. The molecule has 0 bridgehead atoms. The molecular weight excluding hydrogens is 390 g/mol. The van der Waals surface area contributed by atoms with Crippen LogP contribution in [-0.4, -0.2) is 62.1 Å². The van der Waals surface area contributed by atoms with Crippen molar-refractivity contribution in [3.63, 3.8) is 0 Å². The fourth-order valence-electron chi connectivity index (χ4n) is 3.99. The maximum Gasteiger partial charge on any atom is 0.321 e. The minimum Gasteiger partial charge on any atom is -0.424 e. The molecule has 1 fully saturated rings. The first kappa shape index (κ1) is 21.4. The highest BCUT2D eigenvalue weighted by Gasteiger charge is 2.27. The number of aliphatic hydroxyl groups excluding tert-OH is 1. The fourth-order valence-corrected chi connectivity index (χ4v) is 3.99. The van der Waals surface area contributed by atoms with Gasteiger partial charge < -0.3 is 9.84 Å². The smallest absolute Gasteiger partial charge is 0.321 e. The van der Waals surface area contributed by atoms with Crippen LogP contribution in [0.25, 0.3) is 0 Å². The Morgan fingerprint density at radius 1 is 1.00 bits per heavy atom. The van der Waals surface area contributed by atoms with E-state index in [1.165, 1.54) is 5.56 Å². The Morgan fingerprint density at radius 3 is 2.55 bits per heavy atom. The first-order chi connectivity index (χ1) is 15.2. The van der Waals surface area contributed by atoms with Crippen LogP contribution in [0.3, 0.4) is 0 Å². The highest BCUT2D eigenvalue weighted by molar-refractivity contribution is 5.29. The maximum atomic E-state index is 9.59. The average Bonchev–Trinajstić information content (AvgIpc) is 2.78. The van der Waals surface area contributed by atoms with Gasteiger partial charge in [-0.25, -0.2) is 9.97 Å². The van der Waals surface area contributed by atoms with Crippen LogP contribution in [-0.2, 0) is 13.1 Å². The topological polar surface area (TPSA) is 74.6 Å². The predicted octanol–water partition coefficient (Wildman–Crippen LogP) is 3.04. The normalized spacial score (nSPS) is 17.5. The fraction of sp³-hybridized carbons (Fsp3) is 0.375. The van der Waals surface area contributed by atoms with E-state index >= 15 is 0 Å². The molecule has 1 saturated heterocycles. The number of hydrogen-bond acceptors (Lipinski definition) is 7. The number of aryl methyl sites for hydroxylation is 1. The zero-order valence-corrected chi connectivity index (χ0v) is 17.9. The van der Waals surface area contributed by atoms with Crippen molar-refractivity contribution in [2.24, 2.45) is 0 Å². The Bertz CT molecular complexity index is 952. The number of pyridine rings is 1. The first-order valence-corrected chi connectivity index (χ1v) is 10.7. The van der Waals surface area contributed by atoms with Crippen molar-refractivity contribution in [2.75, 3.05) is 26.2 Å². The Kier molecular flexibility index (Phi) is 7.19. The number of hydrogen-bond donors (Lipinski definition) is 1. The van der Waals surface area contributed by atoms with E-state index in [0.29, 0.717) is 12.1 Å². The van der Waals surface area contributed by atoms with Gasteiger partial charge in [-0.3, -0.25) is 14.8 Å². The zero-order chi connectivity index (χ0) is 21.5. The summed E-state index contributed by atoms with van der Waals surface area (Å²) in [5, 5.41) is 9.59. The summed E-state index contributed by atoms with van der Waals surface area (Å²) in [5.41, 5.74) is 3.37. The van der Waals surface area contributed by atoms with Gasteiger partial charge >= 0.3 is 6.01 Å². The number of rotatable bonds is 8. The molecule has 0 amide bonds. The van der Waals surface area contributed by atoms with Gasteiger partial charge in [0.15, 0.2) is 0 Å². The molecule has 1 atom stereocenters. The van der Waals surface area contributed by atoms with E-state index in [2.05, 4.69) is 49.0 Å². The highest BCUT2D eigenvalue weighted by Crippen LogP contribution is 2.21. The van der Waals surface area contributed by atoms with Crippen molar-refractivity contribution in [3.8, 4) is 11.8 Å². The predicted molar refractivity (Wildman–Crippen MR) is 119 cm³/mol. The lowest BCUT2D eigenvalue weighted by molar-refractivity contribution is 0.0491. The number of nitrogens with zero attached hydrogens (tertiary/aromatic N) is 5. The van der Waals surface area contributed by atoms with Gasteiger partial charge in [-0.05, 0) is 49.2 Å². The summed E-state index contributed by atoms with van der Waals surface area (Å²) < 4.78 is 5.68. The molecule has 1 N–H and O–H groups in total. The van der Waals surface area contributed by atoms with Gasteiger partial charge in [-0.2, -0.15) is 0 Å². The van der Waals surface area contributed by atoms with Crippen LogP contribution in [0.1, 0.15) is 23.4 Å². The summed E-state index contributed by atoms with van der Waals surface area (Å²) in [4.78, 5) is 17.7. The van der Waals surface area contributed by atoms with Gasteiger partial charge in [0.1, 0.15) is 5.75 Å². The molecule has 4 rings (SSSR count). The third-order valence-electron chi connectivity index (χ3n) is 5.54. The molecule has 7 heteroatoms. The third kappa shape index (κ3) is 6.07. The van der Waals surface area contributed by atoms with Gasteiger partial charge in [0.2, 0.25) is 0 Å². The standard InChI is InChI=1S/C24H29N5O2/c1-19-4-2-5-21(27-19)17-29-14-13-28(18-22(29)10-15-30)16-20-6-8-23(9-7-20)31-24-25-11-3-12-26-24/h2-9,11-12,22,30H,10,13-18H2,1H3. The SMILES string of the molecule is Cc1cccc(CN2CCN(Cc3ccc(Oc4ncccn4)cc3)CC2CCO)n1. The molecule has 2 aromatic heterocycles. The Labute approximate surface area is 183 Å². The Balaban J connectivity index is 1.34. The summed E-state index contributed by atoms with van der Waals surface area (Å²) >= 11 is 0. The minimum atomic E-state index is 0.198. The van der Waals surface area contributed by atoms with Gasteiger partial charge in [0, 0.05) is 63.5 Å². The van der Waals surface area contributed by atoms with Crippen LogP contribution >= 0.6 is 0 Å². The summed E-state index contributed by atoms with van der Waals surface area (Å²) in [6.45, 7) is 6.81. The van der Waals surface area contributed by atoms with Crippen molar-refractivity contribution in [1.82, 2.24) is 24.8 Å². The van der Waals surface area contributed by atoms with E-state index in [-0.39, 0.29) is 6.61 Å². The van der Waals surface area contributed by atoms with Crippen molar-refractivity contribution in [2.45, 2.75) is 32.5 Å². The molecule has 3 aromatic rings. The van der Waals surface area contributed by atoms with Crippen molar-refractivity contribution >= 4 is 0 Å². The van der Waals surface area contributed by atoms with E-state index in [9.17, 15) is 5.11 Å². The largest absolute Gasteiger partial charge is 0.424 e. The molecule has 1 aliphatic rings. The average molecular weight is 420 g/mol. The van der Waals surface area contributed by atoms with Crippen molar-refractivity contribution < 1.29 is 9.84 Å². The molecule has 162 valence electrons. The second kappa shape index (κ2) is 10.4. The number of aliphatic hydroxyl groups is 1. The molecule has 1 unspecified atom stereocenters. The number of benzene rings is 1. The van der Waals surface area contributed by atoms with Gasteiger partial charge in [0.25, 0.3) is 0 Å². The molecule has 0 aliphatic carbocycles. The molecule has 1 aliphatic heterocycles. The third-order valence-corrected chi connectivity index (χ3v) is 5.54. The summed E-state index contributed by atoms with van der Waals surface area (Å²) in [7, 11) is 0. The van der Waals surface area contributed by atoms with Gasteiger partial charge in [0.05, 0.1) is 5.69 Å². The van der Waals surface area contributed by atoms with Crippen LogP contribution in [0.5, 0.6) is 11.8 Å². The van der Waals surface area contributed by atoms with E-state index in [4.69, 9.17) is 4.74 Å². The van der Waals surface area contributed by atoms with E-state index < -0.39 is 0 Å². The summed E-state index contributed by atoms with van der Waals surface area (Å²) in [6.07, 6.45) is 4.09. The molecule has 7 nitrogen and oxygen atoms in total. The molecule has 0 radical (unpaired) electrons. The van der Waals surface area contributed by atoms with Crippen LogP contribution in [0.15, 0.2) is 60.9 Å². The van der Waals surface area contributed by atoms with E-state index in [0.717, 1.165) is 56.3 Å². The Hall–Kier alpha value is -2.87. The Morgan fingerprint density at radius 2 is 1.81 bits per heavy atom. The lowest BCUT2D eigenvalue weighted by atomic mass is 10.1. The first-order valence-electron chi connectivity index (χ1n) is 10.7. The highest BCUT2D eigenvalue weighted by atomic mass is 16.5. The monoisotopic (exact) mass is 419 g/mol. The molecule has 3 heterocycles. The lowest BCUT2D eigenvalue weighted by Crippen LogP contribution is -2.52. The molecule has 0 saturated carbocycles.